The predicted octanol–water partition coefficient (Wildman–Crippen LogP) is 3.56. The summed E-state index contributed by atoms with van der Waals surface area (Å²) in [5, 5.41) is 3.05. The molecule has 162 valence electrons. The predicted molar refractivity (Wildman–Crippen MR) is 123 cm³/mol. The van der Waals surface area contributed by atoms with Gasteiger partial charge in [0.2, 0.25) is 5.91 Å². The maximum atomic E-state index is 12.7. The fourth-order valence-corrected chi connectivity index (χ4v) is 5.78. The highest BCUT2D eigenvalue weighted by Gasteiger charge is 2.33. The van der Waals surface area contributed by atoms with E-state index in [9.17, 15) is 13.2 Å². The molecule has 2 aromatic rings. The van der Waals surface area contributed by atoms with Crippen molar-refractivity contribution in [1.82, 2.24) is 10.0 Å². The van der Waals surface area contributed by atoms with Gasteiger partial charge < -0.3 is 5.32 Å². The first-order chi connectivity index (χ1) is 14.8. The molecule has 1 amide bonds. The van der Waals surface area contributed by atoms with Gasteiger partial charge in [-0.05, 0) is 67.9 Å². The first-order valence-electron chi connectivity index (χ1n) is 10.5. The first kappa shape index (κ1) is 21.3. The number of sulfonamides is 1. The molecule has 0 unspecified atom stereocenters. The van der Waals surface area contributed by atoms with Crippen molar-refractivity contribution in [2.75, 3.05) is 6.54 Å². The van der Waals surface area contributed by atoms with Gasteiger partial charge in [-0.15, -0.1) is 0 Å². The summed E-state index contributed by atoms with van der Waals surface area (Å²) in [6, 6.07) is 13.7. The van der Waals surface area contributed by atoms with Crippen molar-refractivity contribution in [3.8, 4) is 0 Å². The van der Waals surface area contributed by atoms with Crippen LogP contribution >= 0.6 is 0 Å². The molecule has 31 heavy (non-hydrogen) atoms. The van der Waals surface area contributed by atoms with Gasteiger partial charge in [0.25, 0.3) is 10.0 Å². The maximum Gasteiger partial charge on any atom is 0.264 e. The van der Waals surface area contributed by atoms with Crippen LogP contribution in [-0.2, 0) is 21.2 Å². The van der Waals surface area contributed by atoms with Gasteiger partial charge >= 0.3 is 0 Å². The number of nitrogens with one attached hydrogen (secondary N) is 2. The standard InChI is InChI=1S/C24H27N3O3S/c1-15-11-12-19(13-16(15)2)23-17(3)24(27-31(23,29)30)25-14-22(28)26-21-10-6-8-18-7-4-5-9-20(18)21/h4-5,7,9,11-13,21H,6,8,10,14H2,1-3H3,(H,25,27)(H,26,28)/t21-/m1/s1. The van der Waals surface area contributed by atoms with Gasteiger partial charge in [-0.2, -0.15) is 0 Å². The minimum Gasteiger partial charge on any atom is -0.348 e. The van der Waals surface area contributed by atoms with Crippen LogP contribution in [-0.4, -0.2) is 26.7 Å². The fourth-order valence-electron chi connectivity index (χ4n) is 4.26. The van der Waals surface area contributed by atoms with E-state index in [-0.39, 0.29) is 29.2 Å². The normalized spacial score (nSPS) is 21.0. The van der Waals surface area contributed by atoms with Crippen LogP contribution in [0.3, 0.4) is 0 Å². The van der Waals surface area contributed by atoms with Crippen molar-refractivity contribution < 1.29 is 13.2 Å². The van der Waals surface area contributed by atoms with Crippen LogP contribution in [0, 0.1) is 13.8 Å². The highest BCUT2D eigenvalue weighted by molar-refractivity contribution is 8.00. The monoisotopic (exact) mass is 437 g/mol. The van der Waals surface area contributed by atoms with Crippen molar-refractivity contribution in [2.45, 2.75) is 46.1 Å². The summed E-state index contributed by atoms with van der Waals surface area (Å²) in [5.41, 5.74) is 5.70. The quantitative estimate of drug-likeness (QED) is 0.767. The molecule has 2 aliphatic rings. The van der Waals surface area contributed by atoms with Gasteiger partial charge in [-0.3, -0.25) is 14.5 Å². The van der Waals surface area contributed by atoms with Crippen LogP contribution in [0.5, 0.6) is 0 Å². The number of amidine groups is 1. The molecule has 1 aliphatic heterocycles. The molecule has 2 N–H and O–H groups in total. The molecule has 0 radical (unpaired) electrons. The molecule has 1 atom stereocenters. The van der Waals surface area contributed by atoms with Gasteiger partial charge in [-0.1, -0.05) is 42.5 Å². The van der Waals surface area contributed by atoms with Crippen LogP contribution in [0.15, 0.2) is 53.0 Å². The number of benzene rings is 2. The second kappa shape index (κ2) is 8.30. The Morgan fingerprint density at radius 3 is 2.68 bits per heavy atom. The third-order valence-electron chi connectivity index (χ3n) is 6.05. The summed E-state index contributed by atoms with van der Waals surface area (Å²) in [7, 11) is -3.72. The molecule has 0 saturated carbocycles. The molecule has 4 rings (SSSR count). The number of carbonyl (C=O) groups excluding carboxylic acids is 1. The van der Waals surface area contributed by atoms with Crippen LogP contribution < -0.4 is 10.0 Å². The molecule has 7 heteroatoms. The minimum absolute atomic E-state index is 0.0272. The van der Waals surface area contributed by atoms with Crippen LogP contribution in [0.2, 0.25) is 0 Å². The third kappa shape index (κ3) is 4.28. The number of aryl methyl sites for hydroxylation is 3. The van der Waals surface area contributed by atoms with E-state index in [1.807, 2.05) is 38.1 Å². The van der Waals surface area contributed by atoms with Crippen LogP contribution in [0.4, 0.5) is 0 Å². The lowest BCUT2D eigenvalue weighted by Crippen LogP contribution is -2.33. The van der Waals surface area contributed by atoms with Gasteiger partial charge in [0.05, 0.1) is 6.04 Å². The van der Waals surface area contributed by atoms with Crippen molar-refractivity contribution in [2.24, 2.45) is 4.99 Å². The molecule has 0 bridgehead atoms. The highest BCUT2D eigenvalue weighted by atomic mass is 32.2. The van der Waals surface area contributed by atoms with E-state index < -0.39 is 10.0 Å². The number of fused-ring (bicyclic) bond motifs is 1. The number of amides is 1. The number of carbonyl (C=O) groups is 1. The highest BCUT2D eigenvalue weighted by Crippen LogP contribution is 2.31. The van der Waals surface area contributed by atoms with Gasteiger partial charge in [0.15, 0.2) is 0 Å². The number of nitrogens with zero attached hydrogens (tertiary/aromatic N) is 1. The number of rotatable bonds is 4. The summed E-state index contributed by atoms with van der Waals surface area (Å²) in [6.07, 6.45) is 2.94. The number of hydrogen-bond donors (Lipinski definition) is 2. The van der Waals surface area contributed by atoms with Crippen LogP contribution in [0.1, 0.15) is 53.6 Å². The Bertz CT molecular complexity index is 1210. The van der Waals surface area contributed by atoms with Crippen molar-refractivity contribution in [3.63, 3.8) is 0 Å². The molecule has 1 aliphatic carbocycles. The lowest BCUT2D eigenvalue weighted by molar-refractivity contribution is -0.120. The number of aliphatic imine (C=N–C) groups is 1. The first-order valence-corrected chi connectivity index (χ1v) is 12.0. The summed E-state index contributed by atoms with van der Waals surface area (Å²) in [5.74, 6) is 0.00764. The zero-order chi connectivity index (χ0) is 22.2. The van der Waals surface area contributed by atoms with Gasteiger partial charge in [0.1, 0.15) is 17.3 Å². The average Bonchev–Trinajstić information content (AvgIpc) is 2.97. The summed E-state index contributed by atoms with van der Waals surface area (Å²) in [4.78, 5) is 17.1. The molecule has 1 heterocycles. The Morgan fingerprint density at radius 1 is 1.13 bits per heavy atom. The summed E-state index contributed by atoms with van der Waals surface area (Å²) in [6.45, 7) is 5.52. The molecule has 0 saturated heterocycles. The Labute approximate surface area is 183 Å². The summed E-state index contributed by atoms with van der Waals surface area (Å²) < 4.78 is 28.0. The second-order valence-electron chi connectivity index (χ2n) is 8.23. The fraction of sp³-hybridized carbons (Fsp3) is 0.333. The SMILES string of the molecule is CC1=C(c2ccc(C)c(C)c2)S(=O)(=O)NC1=NCC(=O)N[C@@H]1CCCc2ccccc21. The zero-order valence-corrected chi connectivity index (χ0v) is 18.8. The van der Waals surface area contributed by atoms with E-state index in [0.717, 1.165) is 36.0 Å². The smallest absolute Gasteiger partial charge is 0.264 e. The molecular formula is C24H27N3O3S. The van der Waals surface area contributed by atoms with E-state index in [4.69, 9.17) is 0 Å². The molecule has 0 aromatic heterocycles. The Kier molecular flexibility index (Phi) is 5.71. The van der Waals surface area contributed by atoms with E-state index in [2.05, 4.69) is 27.2 Å². The molecule has 6 nitrogen and oxygen atoms in total. The molecular weight excluding hydrogens is 410 g/mol. The van der Waals surface area contributed by atoms with Gasteiger partial charge in [-0.25, -0.2) is 8.42 Å². The lowest BCUT2D eigenvalue weighted by Gasteiger charge is -2.26. The largest absolute Gasteiger partial charge is 0.348 e. The zero-order valence-electron chi connectivity index (χ0n) is 18.0. The van der Waals surface area contributed by atoms with Gasteiger partial charge in [0, 0.05) is 5.57 Å². The third-order valence-corrected chi connectivity index (χ3v) is 7.59. The molecule has 2 aromatic carbocycles. The lowest BCUT2D eigenvalue weighted by atomic mass is 9.88. The van der Waals surface area contributed by atoms with Crippen molar-refractivity contribution >= 4 is 26.7 Å². The second-order valence-corrected chi connectivity index (χ2v) is 9.85. The van der Waals surface area contributed by atoms with E-state index >= 15 is 0 Å². The number of hydrogen-bond acceptors (Lipinski definition) is 4. The molecule has 0 fully saturated rings. The average molecular weight is 438 g/mol. The van der Waals surface area contributed by atoms with E-state index in [0.29, 0.717) is 11.1 Å². The molecule has 0 spiro atoms. The Balaban J connectivity index is 1.52. The van der Waals surface area contributed by atoms with Crippen LogP contribution in [0.25, 0.3) is 4.91 Å². The Hall–Kier alpha value is -2.93. The van der Waals surface area contributed by atoms with Crippen molar-refractivity contribution in [3.05, 3.63) is 75.9 Å². The topological polar surface area (TPSA) is 87.6 Å². The Morgan fingerprint density at radius 2 is 1.90 bits per heavy atom. The van der Waals surface area contributed by atoms with E-state index in [1.165, 1.54) is 5.56 Å². The van der Waals surface area contributed by atoms with E-state index in [1.54, 1.807) is 13.0 Å². The maximum absolute atomic E-state index is 12.7. The summed E-state index contributed by atoms with van der Waals surface area (Å²) >= 11 is 0. The van der Waals surface area contributed by atoms with Crippen molar-refractivity contribution in [1.29, 1.82) is 0 Å². The minimum atomic E-state index is -3.72.